The van der Waals surface area contributed by atoms with Crippen molar-refractivity contribution in [3.63, 3.8) is 0 Å². The number of hydrogen-bond donors (Lipinski definition) is 2. The summed E-state index contributed by atoms with van der Waals surface area (Å²) >= 11 is 1.19. The van der Waals surface area contributed by atoms with Crippen molar-refractivity contribution < 1.29 is 19.5 Å². The fourth-order valence-corrected chi connectivity index (χ4v) is 2.97. The molecule has 1 atom stereocenters. The van der Waals surface area contributed by atoms with Gasteiger partial charge in [-0.05, 0) is 26.0 Å². The number of thioether (sulfide) groups is 1. The van der Waals surface area contributed by atoms with Gasteiger partial charge in [-0.1, -0.05) is 18.2 Å². The smallest absolute Gasteiger partial charge is 0.327 e. The third kappa shape index (κ3) is 6.32. The van der Waals surface area contributed by atoms with Crippen LogP contribution in [0.25, 0.3) is 0 Å². The Bertz CT molecular complexity index is 548. The van der Waals surface area contributed by atoms with Crippen molar-refractivity contribution in [3.05, 3.63) is 30.3 Å². The molecule has 1 rings (SSSR count). The van der Waals surface area contributed by atoms with Crippen molar-refractivity contribution in [2.45, 2.75) is 32.9 Å². The molecule has 0 aliphatic rings. The van der Waals surface area contributed by atoms with Gasteiger partial charge in [0.2, 0.25) is 11.8 Å². The molecule has 0 spiro atoms. The quantitative estimate of drug-likeness (QED) is 0.754. The Kier molecular flexibility index (Phi) is 7.61. The van der Waals surface area contributed by atoms with Crippen molar-refractivity contribution in [2.24, 2.45) is 0 Å². The van der Waals surface area contributed by atoms with E-state index in [1.54, 1.807) is 4.90 Å². The van der Waals surface area contributed by atoms with E-state index in [2.05, 4.69) is 5.32 Å². The molecule has 0 radical (unpaired) electrons. The predicted molar refractivity (Wildman–Crippen MR) is 91.6 cm³/mol. The average Bonchev–Trinajstić information content (AvgIpc) is 2.46. The molecular formula is C16H22N2O4S. The van der Waals surface area contributed by atoms with E-state index >= 15 is 0 Å². The lowest BCUT2D eigenvalue weighted by molar-refractivity contribution is -0.140. The van der Waals surface area contributed by atoms with E-state index in [0.29, 0.717) is 0 Å². The SMILES string of the molecule is CC(=O)N[C@@H](CSCC(=O)N(c1ccccc1)C(C)C)C(=O)O. The molecule has 126 valence electrons. The Morgan fingerprint density at radius 2 is 1.83 bits per heavy atom. The van der Waals surface area contributed by atoms with Gasteiger partial charge >= 0.3 is 5.97 Å². The van der Waals surface area contributed by atoms with E-state index in [1.807, 2.05) is 44.2 Å². The van der Waals surface area contributed by atoms with Gasteiger partial charge in [0.1, 0.15) is 6.04 Å². The average molecular weight is 338 g/mol. The first-order valence-corrected chi connectivity index (χ1v) is 8.43. The number of rotatable bonds is 8. The minimum atomic E-state index is -1.11. The molecule has 0 fully saturated rings. The topological polar surface area (TPSA) is 86.7 Å². The lowest BCUT2D eigenvalue weighted by Crippen LogP contribution is -2.42. The van der Waals surface area contributed by atoms with Crippen LogP contribution in [0, 0.1) is 0 Å². The maximum absolute atomic E-state index is 12.4. The van der Waals surface area contributed by atoms with Gasteiger partial charge in [-0.25, -0.2) is 4.79 Å². The maximum atomic E-state index is 12.4. The minimum Gasteiger partial charge on any atom is -0.480 e. The molecule has 0 aliphatic heterocycles. The summed E-state index contributed by atoms with van der Waals surface area (Å²) < 4.78 is 0. The maximum Gasteiger partial charge on any atom is 0.327 e. The summed E-state index contributed by atoms with van der Waals surface area (Å²) in [5.74, 6) is -1.32. The first kappa shape index (κ1) is 19.0. The molecule has 0 aromatic heterocycles. The van der Waals surface area contributed by atoms with Gasteiger partial charge in [-0.3, -0.25) is 9.59 Å². The highest BCUT2D eigenvalue weighted by Crippen LogP contribution is 2.18. The normalized spacial score (nSPS) is 11.8. The number of carboxylic acids is 1. The highest BCUT2D eigenvalue weighted by molar-refractivity contribution is 8.00. The van der Waals surface area contributed by atoms with Crippen molar-refractivity contribution in [2.75, 3.05) is 16.4 Å². The van der Waals surface area contributed by atoms with E-state index in [4.69, 9.17) is 5.11 Å². The fourth-order valence-electron chi connectivity index (χ4n) is 2.07. The summed E-state index contributed by atoms with van der Waals surface area (Å²) in [4.78, 5) is 36.1. The lowest BCUT2D eigenvalue weighted by atomic mass is 10.2. The zero-order chi connectivity index (χ0) is 17.4. The zero-order valence-corrected chi connectivity index (χ0v) is 14.3. The van der Waals surface area contributed by atoms with Crippen LogP contribution in [0.3, 0.4) is 0 Å². The van der Waals surface area contributed by atoms with Crippen LogP contribution < -0.4 is 10.2 Å². The Balaban J connectivity index is 2.63. The number of carbonyl (C=O) groups excluding carboxylic acids is 2. The Hall–Kier alpha value is -2.02. The molecule has 2 amide bonds. The van der Waals surface area contributed by atoms with E-state index in [-0.39, 0.29) is 23.5 Å². The van der Waals surface area contributed by atoms with Crippen LogP contribution >= 0.6 is 11.8 Å². The second-order valence-electron chi connectivity index (χ2n) is 5.30. The summed E-state index contributed by atoms with van der Waals surface area (Å²) in [6.45, 7) is 5.11. The van der Waals surface area contributed by atoms with Gasteiger partial charge in [-0.2, -0.15) is 0 Å². The molecule has 0 heterocycles. The number of aliphatic carboxylic acids is 1. The van der Waals surface area contributed by atoms with Gasteiger partial charge in [0, 0.05) is 24.4 Å². The second kappa shape index (κ2) is 9.19. The molecule has 1 aromatic rings. The molecule has 0 unspecified atom stereocenters. The van der Waals surface area contributed by atoms with Crippen LogP contribution in [0.5, 0.6) is 0 Å². The summed E-state index contributed by atoms with van der Waals surface area (Å²) in [7, 11) is 0. The van der Waals surface area contributed by atoms with Gasteiger partial charge < -0.3 is 15.3 Å². The van der Waals surface area contributed by atoms with Crippen LogP contribution in [-0.4, -0.2) is 46.5 Å². The number of nitrogens with zero attached hydrogens (tertiary/aromatic N) is 1. The van der Waals surface area contributed by atoms with Gasteiger partial charge in [0.15, 0.2) is 0 Å². The van der Waals surface area contributed by atoms with Crippen molar-refractivity contribution >= 4 is 35.2 Å². The standard InChI is InChI=1S/C16H22N2O4S/c1-11(2)18(13-7-5-4-6-8-13)15(20)10-23-9-14(16(21)22)17-12(3)19/h4-8,11,14H,9-10H2,1-3H3,(H,17,19)(H,21,22)/t14-/m0/s1. The Labute approximate surface area is 140 Å². The van der Waals surface area contributed by atoms with E-state index < -0.39 is 17.9 Å². The van der Waals surface area contributed by atoms with Crippen LogP contribution in [0.1, 0.15) is 20.8 Å². The zero-order valence-electron chi connectivity index (χ0n) is 13.5. The van der Waals surface area contributed by atoms with Crippen molar-refractivity contribution in [1.82, 2.24) is 5.32 Å². The first-order chi connectivity index (χ1) is 10.8. The third-order valence-corrected chi connectivity index (χ3v) is 4.03. The molecule has 2 N–H and O–H groups in total. The number of amides is 2. The van der Waals surface area contributed by atoms with E-state index in [0.717, 1.165) is 5.69 Å². The van der Waals surface area contributed by atoms with Crippen LogP contribution in [-0.2, 0) is 14.4 Å². The number of carbonyl (C=O) groups is 3. The summed E-state index contributed by atoms with van der Waals surface area (Å²) in [5, 5.41) is 11.4. The Morgan fingerprint density at radius 3 is 2.30 bits per heavy atom. The molecule has 7 heteroatoms. The van der Waals surface area contributed by atoms with Gasteiger partial charge in [-0.15, -0.1) is 11.8 Å². The number of carboxylic acid groups (broad SMARTS) is 1. The number of para-hydroxylation sites is 1. The lowest BCUT2D eigenvalue weighted by Gasteiger charge is -2.27. The fraction of sp³-hybridized carbons (Fsp3) is 0.438. The summed E-state index contributed by atoms with van der Waals surface area (Å²) in [5.41, 5.74) is 0.810. The molecule has 0 bridgehead atoms. The molecule has 1 aromatic carbocycles. The van der Waals surface area contributed by atoms with Crippen molar-refractivity contribution in [1.29, 1.82) is 0 Å². The third-order valence-electron chi connectivity index (χ3n) is 3.01. The van der Waals surface area contributed by atoms with E-state index in [1.165, 1.54) is 18.7 Å². The number of nitrogens with one attached hydrogen (secondary N) is 1. The van der Waals surface area contributed by atoms with Gasteiger partial charge in [0.05, 0.1) is 5.75 Å². The largest absolute Gasteiger partial charge is 0.480 e. The molecule has 0 saturated carbocycles. The molecule has 0 saturated heterocycles. The highest BCUT2D eigenvalue weighted by Gasteiger charge is 2.22. The van der Waals surface area contributed by atoms with E-state index in [9.17, 15) is 14.4 Å². The molecule has 23 heavy (non-hydrogen) atoms. The molecule has 6 nitrogen and oxygen atoms in total. The molecular weight excluding hydrogens is 316 g/mol. The number of benzene rings is 1. The predicted octanol–water partition coefficient (Wildman–Crippen LogP) is 1.75. The number of hydrogen-bond acceptors (Lipinski definition) is 4. The van der Waals surface area contributed by atoms with Crippen molar-refractivity contribution in [3.8, 4) is 0 Å². The highest BCUT2D eigenvalue weighted by atomic mass is 32.2. The van der Waals surface area contributed by atoms with Crippen LogP contribution in [0.4, 0.5) is 5.69 Å². The Morgan fingerprint density at radius 1 is 1.22 bits per heavy atom. The van der Waals surface area contributed by atoms with Crippen LogP contribution in [0.15, 0.2) is 30.3 Å². The summed E-state index contributed by atoms with van der Waals surface area (Å²) in [6.07, 6.45) is 0. The summed E-state index contributed by atoms with van der Waals surface area (Å²) in [6, 6.07) is 8.34. The van der Waals surface area contributed by atoms with Crippen LogP contribution in [0.2, 0.25) is 0 Å². The number of anilines is 1. The molecule has 0 aliphatic carbocycles. The first-order valence-electron chi connectivity index (χ1n) is 7.27. The minimum absolute atomic E-state index is 0.00360. The van der Waals surface area contributed by atoms with Gasteiger partial charge in [0.25, 0.3) is 0 Å². The monoisotopic (exact) mass is 338 g/mol. The second-order valence-corrected chi connectivity index (χ2v) is 6.33.